The number of carbonyl (C=O) groups excluding carboxylic acids is 1. The maximum absolute atomic E-state index is 12.7. The fourth-order valence-electron chi connectivity index (χ4n) is 2.79. The number of thiophene rings is 1. The second-order valence-corrected chi connectivity index (χ2v) is 7.94. The van der Waals surface area contributed by atoms with E-state index in [1.165, 1.54) is 27.7 Å². The molecule has 7 nitrogen and oxygen atoms in total. The number of allylic oxidation sites excluding steroid dienone is 1. The van der Waals surface area contributed by atoms with Crippen LogP contribution < -0.4 is 20.3 Å². The molecule has 158 valence electrons. The number of fused-ring (bicyclic) bond motifs is 1. The Morgan fingerprint density at radius 1 is 1.30 bits per heavy atom. The van der Waals surface area contributed by atoms with Crippen molar-refractivity contribution in [2.45, 2.75) is 25.5 Å². The third-order valence-electron chi connectivity index (χ3n) is 4.03. The van der Waals surface area contributed by atoms with Crippen molar-refractivity contribution in [3.63, 3.8) is 0 Å². The second kappa shape index (κ2) is 10.3. The fraction of sp³-hybridized carbons (Fsp3) is 0.286. The lowest BCUT2D eigenvalue weighted by atomic mass is 10.2. The Morgan fingerprint density at radius 2 is 2.10 bits per heavy atom. The molecule has 30 heavy (non-hydrogen) atoms. The van der Waals surface area contributed by atoms with Gasteiger partial charge in [0.2, 0.25) is 5.91 Å². The van der Waals surface area contributed by atoms with E-state index in [2.05, 4.69) is 16.9 Å². The van der Waals surface area contributed by atoms with Crippen LogP contribution in [-0.2, 0) is 11.3 Å². The van der Waals surface area contributed by atoms with E-state index in [0.29, 0.717) is 52.3 Å². The average molecular weight is 446 g/mol. The lowest BCUT2D eigenvalue weighted by Gasteiger charge is -2.14. The molecule has 0 saturated carbocycles. The molecule has 3 rings (SSSR count). The van der Waals surface area contributed by atoms with Gasteiger partial charge in [0.05, 0.1) is 30.0 Å². The molecular formula is C21H23N3O4S2. The number of carbonyl (C=O) groups is 1. The number of ether oxygens (including phenoxy) is 2. The first-order chi connectivity index (χ1) is 14.6. The van der Waals surface area contributed by atoms with E-state index in [1.807, 2.05) is 19.2 Å². The van der Waals surface area contributed by atoms with E-state index in [0.717, 1.165) is 0 Å². The van der Waals surface area contributed by atoms with Gasteiger partial charge in [0, 0.05) is 12.6 Å². The van der Waals surface area contributed by atoms with Crippen LogP contribution in [0.25, 0.3) is 10.2 Å². The van der Waals surface area contributed by atoms with E-state index < -0.39 is 0 Å². The third-order valence-corrected chi connectivity index (χ3v) is 5.81. The smallest absolute Gasteiger partial charge is 0.263 e. The molecule has 0 radical (unpaired) electrons. The van der Waals surface area contributed by atoms with Crippen molar-refractivity contribution in [2.24, 2.45) is 0 Å². The molecule has 0 unspecified atom stereocenters. The van der Waals surface area contributed by atoms with Gasteiger partial charge in [0.1, 0.15) is 16.3 Å². The zero-order valence-electron chi connectivity index (χ0n) is 16.8. The second-order valence-electron chi connectivity index (χ2n) is 6.10. The minimum Gasteiger partial charge on any atom is -0.494 e. The quantitative estimate of drug-likeness (QED) is 0.286. The van der Waals surface area contributed by atoms with Crippen molar-refractivity contribution in [3.05, 3.63) is 52.7 Å². The van der Waals surface area contributed by atoms with E-state index >= 15 is 0 Å². The van der Waals surface area contributed by atoms with Crippen LogP contribution in [-0.4, -0.2) is 34.4 Å². The fourth-order valence-corrected chi connectivity index (χ4v) is 4.41. The summed E-state index contributed by atoms with van der Waals surface area (Å²) in [5, 5.41) is 5.76. The van der Waals surface area contributed by atoms with Gasteiger partial charge in [-0.15, -0.1) is 17.9 Å². The zero-order chi connectivity index (χ0) is 21.5. The van der Waals surface area contributed by atoms with Gasteiger partial charge in [0.25, 0.3) is 5.56 Å². The molecule has 0 aliphatic heterocycles. The lowest BCUT2D eigenvalue weighted by Crippen LogP contribution is -2.23. The van der Waals surface area contributed by atoms with Crippen LogP contribution in [0.15, 0.2) is 52.3 Å². The Morgan fingerprint density at radius 3 is 2.83 bits per heavy atom. The number of anilines is 1. The van der Waals surface area contributed by atoms with Crippen LogP contribution in [0.4, 0.5) is 5.69 Å². The number of thioether (sulfide) groups is 1. The predicted octanol–water partition coefficient (Wildman–Crippen LogP) is 4.17. The standard InChI is InChI=1S/C21H23N3O4S2/c1-4-10-24-20(26)15-9-11-29-19(15)23-21(24)30-13-18(25)22-16-12-14(27-5-2)7-8-17(16)28-6-3/h4,7-9,11-12H,1,5-6,10,13H2,2-3H3,(H,22,25). The van der Waals surface area contributed by atoms with Gasteiger partial charge in [-0.2, -0.15) is 0 Å². The van der Waals surface area contributed by atoms with E-state index in [1.54, 1.807) is 30.3 Å². The van der Waals surface area contributed by atoms with Gasteiger partial charge >= 0.3 is 0 Å². The van der Waals surface area contributed by atoms with Crippen molar-refractivity contribution >= 4 is 44.9 Å². The highest BCUT2D eigenvalue weighted by atomic mass is 32.2. The molecule has 0 aliphatic carbocycles. The SMILES string of the molecule is C=CCn1c(SCC(=O)Nc2cc(OCC)ccc2OCC)nc2sccc2c1=O. The molecule has 2 aromatic heterocycles. The molecule has 0 saturated heterocycles. The minimum atomic E-state index is -0.236. The van der Waals surface area contributed by atoms with E-state index in [-0.39, 0.29) is 17.2 Å². The van der Waals surface area contributed by atoms with Gasteiger partial charge < -0.3 is 14.8 Å². The van der Waals surface area contributed by atoms with Crippen molar-refractivity contribution in [2.75, 3.05) is 24.3 Å². The van der Waals surface area contributed by atoms with Crippen molar-refractivity contribution in [1.82, 2.24) is 9.55 Å². The number of nitrogens with one attached hydrogen (secondary N) is 1. The van der Waals surface area contributed by atoms with Gasteiger partial charge in [-0.1, -0.05) is 17.8 Å². The normalized spacial score (nSPS) is 10.7. The number of aromatic nitrogens is 2. The van der Waals surface area contributed by atoms with Gasteiger partial charge in [-0.3, -0.25) is 14.2 Å². The molecule has 2 heterocycles. The Labute approximate surface area is 182 Å². The number of benzene rings is 1. The summed E-state index contributed by atoms with van der Waals surface area (Å²) in [5.74, 6) is 1.07. The molecule has 0 atom stereocenters. The highest BCUT2D eigenvalue weighted by Gasteiger charge is 2.15. The predicted molar refractivity (Wildman–Crippen MR) is 122 cm³/mol. The summed E-state index contributed by atoms with van der Waals surface area (Å²) in [7, 11) is 0. The first kappa shape index (κ1) is 21.9. The van der Waals surface area contributed by atoms with Crippen LogP contribution in [0.1, 0.15) is 13.8 Å². The van der Waals surface area contributed by atoms with Crippen LogP contribution in [0.5, 0.6) is 11.5 Å². The summed E-state index contributed by atoms with van der Waals surface area (Å²) in [6, 6.07) is 7.07. The number of hydrogen-bond acceptors (Lipinski definition) is 7. The number of nitrogens with zero attached hydrogens (tertiary/aromatic N) is 2. The minimum absolute atomic E-state index is 0.0882. The molecule has 1 N–H and O–H groups in total. The molecule has 0 bridgehead atoms. The van der Waals surface area contributed by atoms with Crippen LogP contribution in [0.3, 0.4) is 0 Å². The first-order valence-electron chi connectivity index (χ1n) is 9.48. The molecule has 1 amide bonds. The molecular weight excluding hydrogens is 422 g/mol. The van der Waals surface area contributed by atoms with Crippen molar-refractivity contribution in [1.29, 1.82) is 0 Å². The highest BCUT2D eigenvalue weighted by Crippen LogP contribution is 2.30. The summed E-state index contributed by atoms with van der Waals surface area (Å²) in [4.78, 5) is 30.5. The highest BCUT2D eigenvalue weighted by molar-refractivity contribution is 7.99. The third kappa shape index (κ3) is 5.03. The Kier molecular flexibility index (Phi) is 7.53. The molecule has 1 aromatic carbocycles. The summed E-state index contributed by atoms with van der Waals surface area (Å²) in [5.41, 5.74) is 0.408. The summed E-state index contributed by atoms with van der Waals surface area (Å²) >= 11 is 2.61. The first-order valence-corrected chi connectivity index (χ1v) is 11.3. The van der Waals surface area contributed by atoms with Crippen LogP contribution in [0, 0.1) is 0 Å². The van der Waals surface area contributed by atoms with E-state index in [4.69, 9.17) is 9.47 Å². The van der Waals surface area contributed by atoms with Crippen molar-refractivity contribution in [3.8, 4) is 11.5 Å². The summed E-state index contributed by atoms with van der Waals surface area (Å²) in [6.45, 7) is 8.81. The summed E-state index contributed by atoms with van der Waals surface area (Å²) in [6.07, 6.45) is 1.64. The van der Waals surface area contributed by atoms with E-state index in [9.17, 15) is 9.59 Å². The molecule has 9 heteroatoms. The molecule has 3 aromatic rings. The molecule has 0 fully saturated rings. The number of hydrogen-bond donors (Lipinski definition) is 1. The Bertz CT molecular complexity index is 1110. The summed E-state index contributed by atoms with van der Waals surface area (Å²) < 4.78 is 12.6. The monoisotopic (exact) mass is 445 g/mol. The maximum Gasteiger partial charge on any atom is 0.263 e. The number of amides is 1. The molecule has 0 aliphatic rings. The van der Waals surface area contributed by atoms with Crippen molar-refractivity contribution < 1.29 is 14.3 Å². The zero-order valence-corrected chi connectivity index (χ0v) is 18.5. The maximum atomic E-state index is 12.7. The number of rotatable bonds is 10. The topological polar surface area (TPSA) is 82.5 Å². The lowest BCUT2D eigenvalue weighted by molar-refractivity contribution is -0.113. The average Bonchev–Trinajstić information content (AvgIpc) is 3.20. The largest absolute Gasteiger partial charge is 0.494 e. The van der Waals surface area contributed by atoms with Gasteiger partial charge in [-0.05, 0) is 37.4 Å². The van der Waals surface area contributed by atoms with Crippen LogP contribution in [0.2, 0.25) is 0 Å². The Hall–Kier alpha value is -2.78. The van der Waals surface area contributed by atoms with Gasteiger partial charge in [-0.25, -0.2) is 4.98 Å². The Balaban J connectivity index is 1.78. The van der Waals surface area contributed by atoms with Crippen LogP contribution >= 0.6 is 23.1 Å². The van der Waals surface area contributed by atoms with Gasteiger partial charge in [0.15, 0.2) is 5.16 Å². The molecule has 0 spiro atoms.